The smallest absolute Gasteiger partial charge is 0.248 e. The Morgan fingerprint density at radius 3 is 2.55 bits per heavy atom. The fourth-order valence-corrected chi connectivity index (χ4v) is 3.31. The number of furan rings is 1. The van der Waals surface area contributed by atoms with Gasteiger partial charge < -0.3 is 28.8 Å². The van der Waals surface area contributed by atoms with Gasteiger partial charge in [-0.15, -0.1) is 0 Å². The number of nitrogens with zero attached hydrogens (tertiary/aromatic N) is 1. The molecule has 1 fully saturated rings. The zero-order valence-electron chi connectivity index (χ0n) is 16.6. The Hall–Kier alpha value is -2.45. The van der Waals surface area contributed by atoms with E-state index in [0.29, 0.717) is 54.0 Å². The van der Waals surface area contributed by atoms with Crippen LogP contribution in [-0.2, 0) is 9.53 Å². The largest absolute Gasteiger partial charge is 0.492 e. The second kappa shape index (κ2) is 10.4. The van der Waals surface area contributed by atoms with Gasteiger partial charge in [0.2, 0.25) is 5.91 Å². The molecule has 1 aliphatic rings. The van der Waals surface area contributed by atoms with Crippen molar-refractivity contribution in [3.8, 4) is 11.5 Å². The lowest BCUT2D eigenvalue weighted by Crippen LogP contribution is -2.36. The molecule has 0 bridgehead atoms. The molecule has 2 aromatic rings. The Bertz CT molecular complexity index is 859. The lowest BCUT2D eigenvalue weighted by atomic mass is 10.2. The monoisotopic (exact) mass is 464 g/mol. The van der Waals surface area contributed by atoms with Crippen molar-refractivity contribution in [3.63, 3.8) is 0 Å². The summed E-state index contributed by atoms with van der Waals surface area (Å²) in [5.41, 5.74) is 1.50. The number of hydrogen-bond donors (Lipinski definition) is 1. The summed E-state index contributed by atoms with van der Waals surface area (Å²) in [6.07, 6.45) is 3.02. The van der Waals surface area contributed by atoms with Crippen LogP contribution >= 0.6 is 15.9 Å². The highest BCUT2D eigenvalue weighted by atomic mass is 79.9. The van der Waals surface area contributed by atoms with Crippen molar-refractivity contribution in [2.75, 3.05) is 49.7 Å². The van der Waals surface area contributed by atoms with Crippen molar-refractivity contribution < 1.29 is 23.4 Å². The van der Waals surface area contributed by atoms with Crippen LogP contribution < -0.4 is 19.7 Å². The van der Waals surface area contributed by atoms with E-state index in [1.54, 1.807) is 18.2 Å². The van der Waals surface area contributed by atoms with Gasteiger partial charge in [0.25, 0.3) is 0 Å². The Balaban J connectivity index is 1.84. The van der Waals surface area contributed by atoms with E-state index in [1.807, 2.05) is 26.0 Å². The number of carbonyl (C=O) groups excluding carboxylic acids is 1. The Labute approximate surface area is 178 Å². The van der Waals surface area contributed by atoms with Crippen molar-refractivity contribution in [2.45, 2.75) is 13.8 Å². The number of hydrogen-bond acceptors (Lipinski definition) is 6. The van der Waals surface area contributed by atoms with Crippen LogP contribution in [0, 0.1) is 0 Å². The number of carbonyl (C=O) groups is 1. The summed E-state index contributed by atoms with van der Waals surface area (Å²) in [5.74, 6) is 1.59. The van der Waals surface area contributed by atoms with Gasteiger partial charge in [-0.3, -0.25) is 4.79 Å². The number of nitrogens with one attached hydrogen (secondary N) is 1. The first kappa shape index (κ1) is 21.3. The van der Waals surface area contributed by atoms with Crippen molar-refractivity contribution in [2.24, 2.45) is 0 Å². The molecule has 0 aliphatic carbocycles. The van der Waals surface area contributed by atoms with Crippen molar-refractivity contribution in [1.82, 2.24) is 0 Å². The van der Waals surface area contributed by atoms with E-state index in [-0.39, 0.29) is 5.91 Å². The zero-order chi connectivity index (χ0) is 20.6. The number of rotatable bonds is 8. The van der Waals surface area contributed by atoms with Gasteiger partial charge in [-0.25, -0.2) is 0 Å². The predicted octanol–water partition coefficient (Wildman–Crippen LogP) is 4.33. The maximum atomic E-state index is 12.4. The Kier molecular flexibility index (Phi) is 7.60. The minimum absolute atomic E-state index is 0.292. The molecular formula is C21H25BrN2O5. The summed E-state index contributed by atoms with van der Waals surface area (Å²) < 4.78 is 23.1. The van der Waals surface area contributed by atoms with Crippen molar-refractivity contribution >= 4 is 39.3 Å². The van der Waals surface area contributed by atoms with Crippen molar-refractivity contribution in [1.29, 1.82) is 0 Å². The highest BCUT2D eigenvalue weighted by Gasteiger charge is 2.20. The number of halogens is 1. The van der Waals surface area contributed by atoms with Gasteiger partial charge in [-0.1, -0.05) is 0 Å². The third kappa shape index (κ3) is 5.77. The molecule has 156 valence electrons. The molecule has 1 saturated heterocycles. The highest BCUT2D eigenvalue weighted by Crippen LogP contribution is 2.39. The van der Waals surface area contributed by atoms with E-state index in [0.717, 1.165) is 18.8 Å². The van der Waals surface area contributed by atoms with E-state index >= 15 is 0 Å². The van der Waals surface area contributed by atoms with E-state index in [4.69, 9.17) is 18.6 Å². The SMILES string of the molecule is CCOc1cc(N2CCOCC2)c(OCC)cc1NC(=O)C=Cc1ccc(Br)o1. The maximum absolute atomic E-state index is 12.4. The average molecular weight is 465 g/mol. The summed E-state index contributed by atoms with van der Waals surface area (Å²) in [6.45, 7) is 7.73. The fraction of sp³-hybridized carbons (Fsp3) is 0.381. The lowest BCUT2D eigenvalue weighted by Gasteiger charge is -2.31. The van der Waals surface area contributed by atoms with Crippen LogP contribution in [0.25, 0.3) is 6.08 Å². The molecule has 0 saturated carbocycles. The van der Waals surface area contributed by atoms with Gasteiger partial charge in [0.05, 0.1) is 37.8 Å². The molecule has 7 nitrogen and oxygen atoms in total. The molecule has 1 N–H and O–H groups in total. The second-order valence-electron chi connectivity index (χ2n) is 6.25. The van der Waals surface area contributed by atoms with Gasteiger partial charge in [-0.05, 0) is 48.0 Å². The van der Waals surface area contributed by atoms with Crippen LogP contribution in [0.15, 0.2) is 39.4 Å². The number of benzene rings is 1. The highest BCUT2D eigenvalue weighted by molar-refractivity contribution is 9.10. The Morgan fingerprint density at radius 2 is 1.90 bits per heavy atom. The van der Waals surface area contributed by atoms with Crippen LogP contribution in [0.5, 0.6) is 11.5 Å². The van der Waals surface area contributed by atoms with E-state index in [9.17, 15) is 4.79 Å². The molecular weight excluding hydrogens is 440 g/mol. The van der Waals surface area contributed by atoms with Crippen LogP contribution in [-0.4, -0.2) is 45.4 Å². The van der Waals surface area contributed by atoms with Crippen LogP contribution in [0.3, 0.4) is 0 Å². The lowest BCUT2D eigenvalue weighted by molar-refractivity contribution is -0.111. The second-order valence-corrected chi connectivity index (χ2v) is 7.03. The number of morpholine rings is 1. The number of ether oxygens (including phenoxy) is 3. The standard InChI is InChI=1S/C21H25BrN2O5/c1-3-27-18-14-17(24-9-11-26-12-10-24)19(28-4-2)13-16(18)23-21(25)8-6-15-5-7-20(22)29-15/h5-8,13-14H,3-4,9-12H2,1-2H3,(H,23,25). The first-order chi connectivity index (χ1) is 14.1. The molecule has 8 heteroatoms. The molecule has 1 aromatic heterocycles. The predicted molar refractivity (Wildman–Crippen MR) is 116 cm³/mol. The summed E-state index contributed by atoms with van der Waals surface area (Å²) in [7, 11) is 0. The molecule has 0 spiro atoms. The first-order valence-electron chi connectivity index (χ1n) is 9.61. The summed E-state index contributed by atoms with van der Waals surface area (Å²) in [4.78, 5) is 14.6. The molecule has 29 heavy (non-hydrogen) atoms. The molecule has 1 aromatic carbocycles. The van der Waals surface area contributed by atoms with Crippen molar-refractivity contribution in [3.05, 3.63) is 40.8 Å². The molecule has 0 radical (unpaired) electrons. The molecule has 0 atom stereocenters. The van der Waals surface area contributed by atoms with E-state index < -0.39 is 0 Å². The first-order valence-corrected chi connectivity index (χ1v) is 10.4. The third-order valence-electron chi connectivity index (χ3n) is 4.26. The van der Waals surface area contributed by atoms with Gasteiger partial charge >= 0.3 is 0 Å². The third-order valence-corrected chi connectivity index (χ3v) is 4.69. The molecule has 3 rings (SSSR count). The van der Waals surface area contributed by atoms with Gasteiger partial charge in [0.1, 0.15) is 17.3 Å². The van der Waals surface area contributed by atoms with Crippen LogP contribution in [0.2, 0.25) is 0 Å². The average Bonchev–Trinajstić information content (AvgIpc) is 3.14. The van der Waals surface area contributed by atoms with Gasteiger partial charge in [-0.2, -0.15) is 0 Å². The normalized spacial score (nSPS) is 14.2. The molecule has 1 aliphatic heterocycles. The van der Waals surface area contributed by atoms with Gasteiger partial charge in [0, 0.05) is 31.3 Å². The van der Waals surface area contributed by atoms with Crippen LogP contribution in [0.1, 0.15) is 19.6 Å². The quantitative estimate of drug-likeness (QED) is 0.586. The van der Waals surface area contributed by atoms with Gasteiger partial charge in [0.15, 0.2) is 4.67 Å². The molecule has 0 unspecified atom stereocenters. The molecule has 1 amide bonds. The summed E-state index contributed by atoms with van der Waals surface area (Å²) in [5, 5.41) is 2.87. The Morgan fingerprint density at radius 1 is 1.17 bits per heavy atom. The van der Waals surface area contributed by atoms with Crippen LogP contribution in [0.4, 0.5) is 11.4 Å². The number of amides is 1. The minimum Gasteiger partial charge on any atom is -0.492 e. The minimum atomic E-state index is -0.292. The van der Waals surface area contributed by atoms with E-state index in [2.05, 4.69) is 26.1 Å². The summed E-state index contributed by atoms with van der Waals surface area (Å²) in [6, 6.07) is 7.27. The molecule has 2 heterocycles. The zero-order valence-corrected chi connectivity index (χ0v) is 18.2. The fourth-order valence-electron chi connectivity index (χ4n) is 2.99. The topological polar surface area (TPSA) is 73.2 Å². The van der Waals surface area contributed by atoms with E-state index in [1.165, 1.54) is 6.08 Å². The number of anilines is 2. The summed E-state index contributed by atoms with van der Waals surface area (Å²) >= 11 is 3.24. The maximum Gasteiger partial charge on any atom is 0.248 e.